The molecule has 3 rings (SSSR count). The normalized spacial score (nSPS) is 18.6. The van der Waals surface area contributed by atoms with Crippen LogP contribution in [0.4, 0.5) is 6.01 Å². The second-order valence-electron chi connectivity index (χ2n) is 5.31. The number of hydrogen-bond donors (Lipinski definition) is 1. The van der Waals surface area contributed by atoms with Crippen molar-refractivity contribution in [2.24, 2.45) is 0 Å². The molecule has 1 saturated heterocycles. The molecule has 0 aliphatic carbocycles. The molecule has 1 N–H and O–H groups in total. The van der Waals surface area contributed by atoms with E-state index in [1.165, 1.54) is 0 Å². The van der Waals surface area contributed by atoms with E-state index in [-0.39, 0.29) is 6.10 Å². The molecule has 5 nitrogen and oxygen atoms in total. The Hall–Kier alpha value is -1.59. The van der Waals surface area contributed by atoms with E-state index in [2.05, 4.69) is 14.8 Å². The monoisotopic (exact) mass is 275 g/mol. The minimum atomic E-state index is -0.217. The molecular formula is C15H21N3O2. The number of aliphatic hydroxyl groups is 1. The maximum Gasteiger partial charge on any atom is 0.298 e. The minimum absolute atomic E-state index is 0.217. The highest BCUT2D eigenvalue weighted by atomic mass is 16.4. The number of para-hydroxylation sites is 2. The fraction of sp³-hybridized carbons (Fsp3) is 0.533. The van der Waals surface area contributed by atoms with Gasteiger partial charge >= 0.3 is 0 Å². The van der Waals surface area contributed by atoms with Gasteiger partial charge in [0.1, 0.15) is 5.52 Å². The van der Waals surface area contributed by atoms with Crippen LogP contribution in [-0.2, 0) is 0 Å². The Morgan fingerprint density at radius 3 is 2.70 bits per heavy atom. The van der Waals surface area contributed by atoms with E-state index in [0.717, 1.165) is 50.2 Å². The van der Waals surface area contributed by atoms with Crippen molar-refractivity contribution in [3.63, 3.8) is 0 Å². The zero-order valence-electron chi connectivity index (χ0n) is 11.8. The largest absolute Gasteiger partial charge is 0.423 e. The van der Waals surface area contributed by atoms with Crippen LogP contribution in [0.1, 0.15) is 13.3 Å². The van der Waals surface area contributed by atoms with Crippen LogP contribution >= 0.6 is 0 Å². The first-order valence-electron chi connectivity index (χ1n) is 7.27. The number of hydrogen-bond acceptors (Lipinski definition) is 5. The van der Waals surface area contributed by atoms with Crippen molar-refractivity contribution in [1.29, 1.82) is 0 Å². The summed E-state index contributed by atoms with van der Waals surface area (Å²) in [5.74, 6) is 0. The number of fused-ring (bicyclic) bond motifs is 1. The van der Waals surface area contributed by atoms with Gasteiger partial charge in [-0.15, -0.1) is 0 Å². The number of aliphatic hydroxyl groups excluding tert-OH is 1. The number of benzene rings is 1. The lowest BCUT2D eigenvalue weighted by Gasteiger charge is -2.34. The first-order chi connectivity index (χ1) is 9.76. The Labute approximate surface area is 118 Å². The van der Waals surface area contributed by atoms with Crippen molar-refractivity contribution < 1.29 is 9.52 Å². The van der Waals surface area contributed by atoms with E-state index in [9.17, 15) is 5.11 Å². The zero-order chi connectivity index (χ0) is 13.9. The standard InChI is InChI=1S/C15H21N3O2/c1-2-12(19)11-17-7-9-18(10-8-17)15-16-13-5-3-4-6-14(13)20-15/h3-6,12,19H,2,7-11H2,1H3/t12-/m0/s1. The van der Waals surface area contributed by atoms with Crippen molar-refractivity contribution in [2.45, 2.75) is 19.4 Å². The number of aromatic nitrogens is 1. The third-order valence-corrected chi connectivity index (χ3v) is 3.87. The highest BCUT2D eigenvalue weighted by molar-refractivity contribution is 5.74. The number of rotatable bonds is 4. The van der Waals surface area contributed by atoms with Gasteiger partial charge < -0.3 is 14.4 Å². The first kappa shape index (κ1) is 13.4. The maximum absolute atomic E-state index is 9.70. The minimum Gasteiger partial charge on any atom is -0.423 e. The summed E-state index contributed by atoms with van der Waals surface area (Å²) in [5, 5.41) is 9.70. The molecular weight excluding hydrogens is 254 g/mol. The molecule has 1 aliphatic heterocycles. The van der Waals surface area contributed by atoms with Gasteiger partial charge in [-0.2, -0.15) is 4.98 Å². The van der Waals surface area contributed by atoms with Crippen LogP contribution in [0.15, 0.2) is 28.7 Å². The molecule has 0 radical (unpaired) electrons. The van der Waals surface area contributed by atoms with E-state index in [0.29, 0.717) is 6.01 Å². The van der Waals surface area contributed by atoms with Crippen LogP contribution in [0.25, 0.3) is 11.1 Å². The SMILES string of the molecule is CC[C@H](O)CN1CCN(c2nc3ccccc3o2)CC1. The number of β-amino-alcohol motifs (C(OH)–C–C–N with tert-alkyl or cyclic N) is 1. The van der Waals surface area contributed by atoms with Crippen LogP contribution in [-0.4, -0.2) is 53.8 Å². The maximum atomic E-state index is 9.70. The highest BCUT2D eigenvalue weighted by Crippen LogP contribution is 2.22. The molecule has 0 amide bonds. The van der Waals surface area contributed by atoms with Crippen LogP contribution < -0.4 is 4.90 Å². The fourth-order valence-electron chi connectivity index (χ4n) is 2.54. The number of anilines is 1. The summed E-state index contributed by atoms with van der Waals surface area (Å²) < 4.78 is 5.79. The predicted molar refractivity (Wildman–Crippen MR) is 79.0 cm³/mol. The van der Waals surface area contributed by atoms with Gasteiger partial charge in [-0.05, 0) is 18.6 Å². The molecule has 5 heteroatoms. The predicted octanol–water partition coefficient (Wildman–Crippen LogP) is 1.72. The van der Waals surface area contributed by atoms with E-state index in [1.54, 1.807) is 0 Å². The molecule has 2 aromatic rings. The van der Waals surface area contributed by atoms with Gasteiger partial charge in [0.2, 0.25) is 0 Å². The highest BCUT2D eigenvalue weighted by Gasteiger charge is 2.21. The van der Waals surface area contributed by atoms with Gasteiger partial charge in [0.05, 0.1) is 6.10 Å². The summed E-state index contributed by atoms with van der Waals surface area (Å²) in [4.78, 5) is 9.00. The average molecular weight is 275 g/mol. The second-order valence-corrected chi connectivity index (χ2v) is 5.31. The van der Waals surface area contributed by atoms with Crippen LogP contribution in [0.2, 0.25) is 0 Å². The van der Waals surface area contributed by atoms with Gasteiger partial charge in [0, 0.05) is 32.7 Å². The first-order valence-corrected chi connectivity index (χ1v) is 7.27. The summed E-state index contributed by atoms with van der Waals surface area (Å²) in [6.07, 6.45) is 0.594. The Morgan fingerprint density at radius 1 is 1.25 bits per heavy atom. The summed E-state index contributed by atoms with van der Waals surface area (Å²) in [5.41, 5.74) is 1.75. The lowest BCUT2D eigenvalue weighted by Crippen LogP contribution is -2.48. The number of nitrogens with zero attached hydrogens (tertiary/aromatic N) is 3. The molecule has 1 aliphatic rings. The molecule has 1 aromatic heterocycles. The Bertz CT molecular complexity index is 528. The lowest BCUT2D eigenvalue weighted by atomic mass is 10.2. The molecule has 0 spiro atoms. The Morgan fingerprint density at radius 2 is 2.00 bits per heavy atom. The van der Waals surface area contributed by atoms with Gasteiger partial charge in [-0.25, -0.2) is 0 Å². The van der Waals surface area contributed by atoms with E-state index in [4.69, 9.17) is 4.42 Å². The van der Waals surface area contributed by atoms with Gasteiger partial charge in [0.15, 0.2) is 5.58 Å². The average Bonchev–Trinajstić information content (AvgIpc) is 2.91. The Balaban J connectivity index is 1.63. The van der Waals surface area contributed by atoms with Crippen molar-refractivity contribution >= 4 is 17.1 Å². The second kappa shape index (κ2) is 5.81. The van der Waals surface area contributed by atoms with Gasteiger partial charge in [-0.1, -0.05) is 19.1 Å². The van der Waals surface area contributed by atoms with Crippen molar-refractivity contribution in [3.8, 4) is 0 Å². The summed E-state index contributed by atoms with van der Waals surface area (Å²) >= 11 is 0. The van der Waals surface area contributed by atoms with E-state index < -0.39 is 0 Å². The molecule has 0 bridgehead atoms. The van der Waals surface area contributed by atoms with Crippen molar-refractivity contribution in [1.82, 2.24) is 9.88 Å². The van der Waals surface area contributed by atoms with E-state index >= 15 is 0 Å². The van der Waals surface area contributed by atoms with Crippen LogP contribution in [0, 0.1) is 0 Å². The van der Waals surface area contributed by atoms with Crippen molar-refractivity contribution in [3.05, 3.63) is 24.3 Å². The molecule has 108 valence electrons. The molecule has 0 saturated carbocycles. The lowest BCUT2D eigenvalue weighted by molar-refractivity contribution is 0.105. The molecule has 2 heterocycles. The summed E-state index contributed by atoms with van der Waals surface area (Å²) in [6.45, 7) is 6.44. The quantitative estimate of drug-likeness (QED) is 0.921. The zero-order valence-corrected chi connectivity index (χ0v) is 11.8. The Kier molecular flexibility index (Phi) is 3.89. The van der Waals surface area contributed by atoms with Crippen LogP contribution in [0.5, 0.6) is 0 Å². The third kappa shape index (κ3) is 2.78. The topological polar surface area (TPSA) is 52.7 Å². The summed E-state index contributed by atoms with van der Waals surface area (Å²) in [7, 11) is 0. The van der Waals surface area contributed by atoms with E-state index in [1.807, 2.05) is 31.2 Å². The summed E-state index contributed by atoms with van der Waals surface area (Å²) in [6, 6.07) is 8.55. The van der Waals surface area contributed by atoms with Crippen molar-refractivity contribution in [2.75, 3.05) is 37.6 Å². The number of piperazine rings is 1. The molecule has 1 atom stereocenters. The molecule has 0 unspecified atom stereocenters. The smallest absolute Gasteiger partial charge is 0.298 e. The molecule has 1 fully saturated rings. The molecule has 1 aromatic carbocycles. The molecule has 20 heavy (non-hydrogen) atoms. The van der Waals surface area contributed by atoms with Crippen LogP contribution in [0.3, 0.4) is 0 Å². The number of oxazole rings is 1. The van der Waals surface area contributed by atoms with Gasteiger partial charge in [0.25, 0.3) is 6.01 Å². The third-order valence-electron chi connectivity index (χ3n) is 3.87. The van der Waals surface area contributed by atoms with Gasteiger partial charge in [-0.3, -0.25) is 4.90 Å². The fourth-order valence-corrected chi connectivity index (χ4v) is 2.54.